The highest BCUT2D eigenvalue weighted by Gasteiger charge is 2.29. The van der Waals surface area contributed by atoms with Gasteiger partial charge in [0.2, 0.25) is 5.91 Å². The average molecular weight is 228 g/mol. The molecule has 2 aliphatic rings. The van der Waals surface area contributed by atoms with Crippen molar-refractivity contribution in [2.24, 2.45) is 11.7 Å². The van der Waals surface area contributed by atoms with E-state index in [1.165, 1.54) is 12.2 Å². The average Bonchev–Trinajstić information content (AvgIpc) is 2.66. The predicted molar refractivity (Wildman–Crippen MR) is 63.8 cm³/mol. The SMILES string of the molecule is NC1CCC(C(=O)NC2CCCSC2)C1. The minimum atomic E-state index is 0.187. The molecule has 0 radical (unpaired) electrons. The third kappa shape index (κ3) is 3.11. The minimum absolute atomic E-state index is 0.187. The van der Waals surface area contributed by atoms with Gasteiger partial charge in [-0.15, -0.1) is 0 Å². The normalized spacial score (nSPS) is 36.5. The number of carbonyl (C=O) groups excluding carboxylic acids is 1. The van der Waals surface area contributed by atoms with Gasteiger partial charge in [-0.2, -0.15) is 11.8 Å². The topological polar surface area (TPSA) is 55.1 Å². The summed E-state index contributed by atoms with van der Waals surface area (Å²) in [6.07, 6.45) is 5.26. The van der Waals surface area contributed by atoms with Gasteiger partial charge < -0.3 is 11.1 Å². The quantitative estimate of drug-likeness (QED) is 0.745. The van der Waals surface area contributed by atoms with Crippen molar-refractivity contribution in [2.75, 3.05) is 11.5 Å². The summed E-state index contributed by atoms with van der Waals surface area (Å²) in [5, 5.41) is 3.17. The lowest BCUT2D eigenvalue weighted by Crippen LogP contribution is -2.41. The lowest BCUT2D eigenvalue weighted by atomic mass is 10.1. The van der Waals surface area contributed by atoms with Crippen LogP contribution in [0.2, 0.25) is 0 Å². The van der Waals surface area contributed by atoms with Gasteiger partial charge in [-0.1, -0.05) is 0 Å². The largest absolute Gasteiger partial charge is 0.352 e. The Kier molecular flexibility index (Phi) is 3.92. The fourth-order valence-electron chi connectivity index (χ4n) is 2.43. The molecule has 4 heteroatoms. The standard InChI is InChI=1S/C11H20N2OS/c12-9-4-3-8(6-9)11(14)13-10-2-1-5-15-7-10/h8-10H,1-7,12H2,(H,13,14). The van der Waals surface area contributed by atoms with Crippen LogP contribution in [0.1, 0.15) is 32.1 Å². The zero-order chi connectivity index (χ0) is 10.7. The Labute approximate surface area is 95.6 Å². The molecule has 2 rings (SSSR count). The Morgan fingerprint density at radius 2 is 2.20 bits per heavy atom. The van der Waals surface area contributed by atoms with Crippen LogP contribution in [0.3, 0.4) is 0 Å². The number of hydrogen-bond donors (Lipinski definition) is 2. The van der Waals surface area contributed by atoms with Crippen molar-refractivity contribution in [3.8, 4) is 0 Å². The summed E-state index contributed by atoms with van der Waals surface area (Å²) >= 11 is 1.95. The Hall–Kier alpha value is -0.220. The Balaban J connectivity index is 1.76. The third-order valence-corrected chi connectivity index (χ3v) is 4.57. The highest BCUT2D eigenvalue weighted by molar-refractivity contribution is 7.99. The zero-order valence-electron chi connectivity index (χ0n) is 9.08. The first-order chi connectivity index (χ1) is 7.25. The van der Waals surface area contributed by atoms with Gasteiger partial charge in [0.05, 0.1) is 0 Å². The molecule has 0 aromatic carbocycles. The van der Waals surface area contributed by atoms with Gasteiger partial charge in [-0.25, -0.2) is 0 Å². The predicted octanol–water partition coefficient (Wildman–Crippen LogP) is 1.13. The van der Waals surface area contributed by atoms with Crippen molar-refractivity contribution in [1.29, 1.82) is 0 Å². The van der Waals surface area contributed by atoms with Gasteiger partial charge in [-0.3, -0.25) is 4.79 Å². The number of nitrogens with one attached hydrogen (secondary N) is 1. The number of thioether (sulfide) groups is 1. The van der Waals surface area contributed by atoms with E-state index in [0.29, 0.717) is 6.04 Å². The van der Waals surface area contributed by atoms with Gasteiger partial charge in [0.1, 0.15) is 0 Å². The number of carbonyl (C=O) groups is 1. The number of rotatable bonds is 2. The van der Waals surface area contributed by atoms with Crippen molar-refractivity contribution >= 4 is 17.7 Å². The van der Waals surface area contributed by atoms with Crippen LogP contribution in [0.25, 0.3) is 0 Å². The van der Waals surface area contributed by atoms with Gasteiger partial charge in [0, 0.05) is 23.8 Å². The van der Waals surface area contributed by atoms with Crippen molar-refractivity contribution in [2.45, 2.75) is 44.2 Å². The molecule has 1 aliphatic heterocycles. The highest BCUT2D eigenvalue weighted by atomic mass is 32.2. The molecule has 86 valence electrons. The molecule has 0 aromatic heterocycles. The van der Waals surface area contributed by atoms with Crippen molar-refractivity contribution in [1.82, 2.24) is 5.32 Å². The van der Waals surface area contributed by atoms with Crippen LogP contribution >= 0.6 is 11.8 Å². The fourth-order valence-corrected chi connectivity index (χ4v) is 3.50. The van der Waals surface area contributed by atoms with Crippen LogP contribution in [0, 0.1) is 5.92 Å². The first-order valence-corrected chi connectivity index (χ1v) is 7.05. The van der Waals surface area contributed by atoms with E-state index in [1.807, 2.05) is 11.8 Å². The van der Waals surface area contributed by atoms with Crippen molar-refractivity contribution in [3.63, 3.8) is 0 Å². The zero-order valence-corrected chi connectivity index (χ0v) is 9.89. The smallest absolute Gasteiger partial charge is 0.223 e. The molecule has 3 unspecified atom stereocenters. The maximum atomic E-state index is 11.9. The van der Waals surface area contributed by atoms with E-state index in [-0.39, 0.29) is 17.9 Å². The van der Waals surface area contributed by atoms with Crippen LogP contribution in [-0.2, 0) is 4.79 Å². The highest BCUT2D eigenvalue weighted by Crippen LogP contribution is 2.25. The molecule has 1 heterocycles. The van der Waals surface area contributed by atoms with Crippen LogP contribution in [0.15, 0.2) is 0 Å². The van der Waals surface area contributed by atoms with Gasteiger partial charge >= 0.3 is 0 Å². The first-order valence-electron chi connectivity index (χ1n) is 5.89. The second-order valence-electron chi connectivity index (χ2n) is 4.69. The molecule has 0 bridgehead atoms. The van der Waals surface area contributed by atoms with Gasteiger partial charge in [0.15, 0.2) is 0 Å². The van der Waals surface area contributed by atoms with E-state index < -0.39 is 0 Å². The molecule has 1 aliphatic carbocycles. The van der Waals surface area contributed by atoms with E-state index >= 15 is 0 Å². The molecule has 0 spiro atoms. The summed E-state index contributed by atoms with van der Waals surface area (Å²) in [4.78, 5) is 11.9. The van der Waals surface area contributed by atoms with E-state index in [9.17, 15) is 4.79 Å². The molecule has 3 atom stereocenters. The lowest BCUT2D eigenvalue weighted by molar-refractivity contribution is -0.125. The molecular formula is C11H20N2OS. The van der Waals surface area contributed by atoms with Crippen molar-refractivity contribution in [3.05, 3.63) is 0 Å². The second kappa shape index (κ2) is 5.21. The number of amides is 1. The molecule has 15 heavy (non-hydrogen) atoms. The van der Waals surface area contributed by atoms with Crippen LogP contribution in [0.4, 0.5) is 0 Å². The van der Waals surface area contributed by atoms with Crippen molar-refractivity contribution < 1.29 is 4.79 Å². The van der Waals surface area contributed by atoms with E-state index in [2.05, 4.69) is 5.32 Å². The second-order valence-corrected chi connectivity index (χ2v) is 5.84. The molecular weight excluding hydrogens is 208 g/mol. The molecule has 1 saturated carbocycles. The monoisotopic (exact) mass is 228 g/mol. The molecule has 3 N–H and O–H groups in total. The number of nitrogens with two attached hydrogens (primary N) is 1. The third-order valence-electron chi connectivity index (χ3n) is 3.35. The summed E-state index contributed by atoms with van der Waals surface area (Å²) in [6, 6.07) is 0.662. The first kappa shape index (κ1) is 11.3. The fraction of sp³-hybridized carbons (Fsp3) is 0.909. The van der Waals surface area contributed by atoms with Crippen LogP contribution in [-0.4, -0.2) is 29.5 Å². The van der Waals surface area contributed by atoms with E-state index in [1.54, 1.807) is 0 Å². The number of hydrogen-bond acceptors (Lipinski definition) is 3. The van der Waals surface area contributed by atoms with E-state index in [0.717, 1.165) is 31.4 Å². The maximum Gasteiger partial charge on any atom is 0.223 e. The summed E-state index contributed by atoms with van der Waals surface area (Å²) in [7, 11) is 0. The Morgan fingerprint density at radius 1 is 1.33 bits per heavy atom. The summed E-state index contributed by atoms with van der Waals surface area (Å²) < 4.78 is 0. The summed E-state index contributed by atoms with van der Waals surface area (Å²) in [5.74, 6) is 2.77. The molecule has 1 amide bonds. The summed E-state index contributed by atoms with van der Waals surface area (Å²) in [5.41, 5.74) is 5.81. The minimum Gasteiger partial charge on any atom is -0.352 e. The summed E-state index contributed by atoms with van der Waals surface area (Å²) in [6.45, 7) is 0. The molecule has 0 aromatic rings. The van der Waals surface area contributed by atoms with Gasteiger partial charge in [0.25, 0.3) is 0 Å². The Bertz CT molecular complexity index is 229. The van der Waals surface area contributed by atoms with Gasteiger partial charge in [-0.05, 0) is 37.9 Å². The molecule has 3 nitrogen and oxygen atoms in total. The van der Waals surface area contributed by atoms with Crippen LogP contribution < -0.4 is 11.1 Å². The Morgan fingerprint density at radius 3 is 2.80 bits per heavy atom. The maximum absolute atomic E-state index is 11.9. The van der Waals surface area contributed by atoms with E-state index in [4.69, 9.17) is 5.73 Å². The molecule has 1 saturated heterocycles. The lowest BCUT2D eigenvalue weighted by Gasteiger charge is -2.24. The van der Waals surface area contributed by atoms with Crippen LogP contribution in [0.5, 0.6) is 0 Å². The molecule has 2 fully saturated rings.